The molecule has 2 aromatic rings. The molecule has 5 heteroatoms. The van der Waals surface area contributed by atoms with Crippen LogP contribution in [0.5, 0.6) is 11.5 Å². The molecule has 0 amide bonds. The summed E-state index contributed by atoms with van der Waals surface area (Å²) in [5.41, 5.74) is 0. The van der Waals surface area contributed by atoms with Crippen LogP contribution < -0.4 is 9.47 Å². The molecule has 1 saturated carbocycles. The summed E-state index contributed by atoms with van der Waals surface area (Å²) in [6.07, 6.45) is 2.46. The average Bonchev–Trinajstić information content (AvgIpc) is 2.81. The van der Waals surface area contributed by atoms with Crippen LogP contribution in [0.15, 0.2) is 48.6 Å². The van der Waals surface area contributed by atoms with Crippen LogP contribution in [-0.2, 0) is 14.3 Å². The number of allylic oxidation sites excluding steroid dienone is 1. The number of rotatable bonds is 0. The van der Waals surface area contributed by atoms with Crippen LogP contribution in [0.3, 0.4) is 0 Å². The van der Waals surface area contributed by atoms with Crippen molar-refractivity contribution in [2.24, 2.45) is 11.8 Å². The Hall–Kier alpha value is -2.66. The first-order valence-electron chi connectivity index (χ1n) is 8.47. The third kappa shape index (κ3) is 1.53. The number of ketones is 2. The van der Waals surface area contributed by atoms with Crippen molar-refractivity contribution < 1.29 is 23.8 Å². The van der Waals surface area contributed by atoms with E-state index in [0.29, 0.717) is 11.5 Å². The second-order valence-corrected chi connectivity index (χ2v) is 7.06. The molecular weight excluding hydrogens is 320 g/mol. The minimum absolute atomic E-state index is 0.0817. The molecule has 2 aliphatic carbocycles. The predicted octanol–water partition coefficient (Wildman–Crippen LogP) is 2.42. The van der Waals surface area contributed by atoms with Gasteiger partial charge in [0.1, 0.15) is 23.4 Å². The Morgan fingerprint density at radius 3 is 2.44 bits per heavy atom. The highest BCUT2D eigenvalue weighted by Gasteiger charge is 2.70. The summed E-state index contributed by atoms with van der Waals surface area (Å²) in [6, 6.07) is 11.7. The van der Waals surface area contributed by atoms with Gasteiger partial charge in [0.25, 0.3) is 5.79 Å². The highest BCUT2D eigenvalue weighted by molar-refractivity contribution is 6.09. The van der Waals surface area contributed by atoms with Gasteiger partial charge in [-0.05, 0) is 23.6 Å². The number of hydrogen-bond donors (Lipinski definition) is 0. The topological polar surface area (TPSA) is 61.8 Å². The molecule has 1 saturated heterocycles. The number of carbonyl (C=O) groups is 2. The number of carbonyl (C=O) groups excluding carboxylic acids is 2. The Morgan fingerprint density at radius 1 is 1.00 bits per heavy atom. The van der Waals surface area contributed by atoms with Gasteiger partial charge in [-0.2, -0.15) is 0 Å². The van der Waals surface area contributed by atoms with Crippen molar-refractivity contribution >= 4 is 22.3 Å². The summed E-state index contributed by atoms with van der Waals surface area (Å²) in [5, 5.41) is 1.94. The van der Waals surface area contributed by atoms with E-state index in [2.05, 4.69) is 0 Å². The zero-order valence-corrected chi connectivity index (χ0v) is 13.2. The second kappa shape index (κ2) is 4.29. The Kier molecular flexibility index (Phi) is 2.34. The van der Waals surface area contributed by atoms with Crippen LogP contribution in [0.2, 0.25) is 0 Å². The van der Waals surface area contributed by atoms with E-state index in [9.17, 15) is 9.59 Å². The van der Waals surface area contributed by atoms with Gasteiger partial charge in [-0.1, -0.05) is 30.3 Å². The normalized spacial score (nSPS) is 33.4. The molecule has 5 nitrogen and oxygen atoms in total. The summed E-state index contributed by atoms with van der Waals surface area (Å²) in [6.45, 7) is 0. The minimum Gasteiger partial charge on any atom is -0.448 e. The Morgan fingerprint density at radius 2 is 1.72 bits per heavy atom. The second-order valence-electron chi connectivity index (χ2n) is 7.06. The molecule has 4 atom stereocenters. The van der Waals surface area contributed by atoms with E-state index in [4.69, 9.17) is 14.2 Å². The van der Waals surface area contributed by atoms with Gasteiger partial charge in [-0.3, -0.25) is 9.59 Å². The molecule has 124 valence electrons. The molecular formula is C20H14O5. The van der Waals surface area contributed by atoms with Crippen molar-refractivity contribution in [3.63, 3.8) is 0 Å². The predicted molar refractivity (Wildman–Crippen MR) is 87.3 cm³/mol. The summed E-state index contributed by atoms with van der Waals surface area (Å²) in [5.74, 6) is -1.18. The van der Waals surface area contributed by atoms with Gasteiger partial charge >= 0.3 is 0 Å². The summed E-state index contributed by atoms with van der Waals surface area (Å²) < 4.78 is 18.8. The molecule has 0 N–H and O–H groups in total. The standard InChI is InChI=1S/C20H14O5/c21-11-7-8-15-19-18(11)12(22)9-16(23-15)20(19)24-13-5-1-3-10-4-2-6-14(25-20)17(10)13/h1-8,15-16,18-19H,9H2/t15-,16+,18-,19-/m1/s1. The van der Waals surface area contributed by atoms with Gasteiger partial charge in [0.15, 0.2) is 5.78 Å². The third-order valence-electron chi connectivity index (χ3n) is 5.81. The molecule has 2 aromatic carbocycles. The Labute approximate surface area is 143 Å². The molecule has 4 aliphatic rings. The van der Waals surface area contributed by atoms with Crippen LogP contribution in [0, 0.1) is 11.8 Å². The van der Waals surface area contributed by atoms with E-state index < -0.39 is 23.7 Å². The SMILES string of the molecule is O=C1C=C[C@H]2O[C@H]3CC(=O)[C@@H]1[C@@H]2C31Oc2cccc3cccc(c23)O1. The first-order chi connectivity index (χ1) is 12.2. The molecule has 6 rings (SSSR count). The first kappa shape index (κ1) is 13.6. The Bertz CT molecular complexity index is 950. The lowest BCUT2D eigenvalue weighted by atomic mass is 9.68. The third-order valence-corrected chi connectivity index (χ3v) is 5.81. The quantitative estimate of drug-likeness (QED) is 0.693. The number of Topliss-reactive ketones (excluding diaryl/α,β-unsaturated/α-hetero) is 1. The molecule has 1 spiro atoms. The molecule has 0 aromatic heterocycles. The monoisotopic (exact) mass is 334 g/mol. The van der Waals surface area contributed by atoms with E-state index in [1.54, 1.807) is 6.08 Å². The van der Waals surface area contributed by atoms with E-state index in [0.717, 1.165) is 10.8 Å². The van der Waals surface area contributed by atoms with Gasteiger partial charge < -0.3 is 14.2 Å². The zero-order chi connectivity index (χ0) is 16.8. The molecule has 0 radical (unpaired) electrons. The maximum Gasteiger partial charge on any atom is 0.284 e. The first-order valence-corrected chi connectivity index (χ1v) is 8.47. The average molecular weight is 334 g/mol. The lowest BCUT2D eigenvalue weighted by Gasteiger charge is -2.46. The van der Waals surface area contributed by atoms with Crippen molar-refractivity contribution in [3.05, 3.63) is 48.6 Å². The largest absolute Gasteiger partial charge is 0.448 e. The van der Waals surface area contributed by atoms with Crippen molar-refractivity contribution in [1.29, 1.82) is 0 Å². The molecule has 2 bridgehead atoms. The highest BCUT2D eigenvalue weighted by atomic mass is 16.7. The molecule has 2 heterocycles. The van der Waals surface area contributed by atoms with E-state index >= 15 is 0 Å². The lowest BCUT2D eigenvalue weighted by Crippen LogP contribution is -2.64. The fourth-order valence-electron chi connectivity index (χ4n) is 4.80. The fraction of sp³-hybridized carbons (Fsp3) is 0.300. The summed E-state index contributed by atoms with van der Waals surface area (Å²) >= 11 is 0. The number of hydrogen-bond acceptors (Lipinski definition) is 5. The lowest BCUT2D eigenvalue weighted by molar-refractivity contribution is -0.201. The molecule has 2 aliphatic heterocycles. The van der Waals surface area contributed by atoms with Crippen LogP contribution in [-0.4, -0.2) is 29.6 Å². The number of benzene rings is 2. The van der Waals surface area contributed by atoms with E-state index in [-0.39, 0.29) is 24.1 Å². The minimum atomic E-state index is -1.13. The van der Waals surface area contributed by atoms with Crippen molar-refractivity contribution in [2.45, 2.75) is 24.4 Å². The fourth-order valence-corrected chi connectivity index (χ4v) is 4.80. The zero-order valence-electron chi connectivity index (χ0n) is 13.2. The molecule has 0 unspecified atom stereocenters. The number of ether oxygens (including phenoxy) is 3. The molecule has 2 fully saturated rings. The maximum atomic E-state index is 12.5. The molecule has 25 heavy (non-hydrogen) atoms. The van der Waals surface area contributed by atoms with Gasteiger partial charge in [0.2, 0.25) is 0 Å². The highest BCUT2D eigenvalue weighted by Crippen LogP contribution is 2.55. The van der Waals surface area contributed by atoms with Crippen molar-refractivity contribution in [1.82, 2.24) is 0 Å². The van der Waals surface area contributed by atoms with E-state index in [1.165, 1.54) is 6.08 Å². The smallest absolute Gasteiger partial charge is 0.284 e. The Balaban J connectivity index is 1.57. The summed E-state index contributed by atoms with van der Waals surface area (Å²) in [4.78, 5) is 24.9. The van der Waals surface area contributed by atoms with Gasteiger partial charge in [-0.25, -0.2) is 0 Å². The van der Waals surface area contributed by atoms with Crippen molar-refractivity contribution in [3.8, 4) is 11.5 Å². The van der Waals surface area contributed by atoms with Crippen LogP contribution in [0.25, 0.3) is 10.8 Å². The maximum absolute atomic E-state index is 12.5. The summed E-state index contributed by atoms with van der Waals surface area (Å²) in [7, 11) is 0. The van der Waals surface area contributed by atoms with Crippen LogP contribution in [0.1, 0.15) is 6.42 Å². The van der Waals surface area contributed by atoms with Gasteiger partial charge in [0, 0.05) is 6.42 Å². The van der Waals surface area contributed by atoms with Crippen LogP contribution >= 0.6 is 0 Å². The van der Waals surface area contributed by atoms with Gasteiger partial charge in [0.05, 0.1) is 23.3 Å². The van der Waals surface area contributed by atoms with Gasteiger partial charge in [-0.15, -0.1) is 0 Å². The van der Waals surface area contributed by atoms with Crippen molar-refractivity contribution in [2.75, 3.05) is 0 Å². The van der Waals surface area contributed by atoms with E-state index in [1.807, 2.05) is 36.4 Å². The van der Waals surface area contributed by atoms with Crippen LogP contribution in [0.4, 0.5) is 0 Å².